The number of amides is 2. The van der Waals surface area contributed by atoms with Gasteiger partial charge in [-0.25, -0.2) is 4.79 Å². The Morgan fingerprint density at radius 2 is 0.909 bits per heavy atom. The van der Waals surface area contributed by atoms with Gasteiger partial charge >= 0.3 is 30.2 Å². The van der Waals surface area contributed by atoms with E-state index in [0.29, 0.717) is 0 Å². The van der Waals surface area contributed by atoms with Crippen LogP contribution in [0.4, 0.5) is 48.7 Å². The monoisotopic (exact) mass is 354 g/mol. The first-order chi connectivity index (χ1) is 9.35. The van der Waals surface area contributed by atoms with Gasteiger partial charge in [-0.2, -0.15) is 43.9 Å². The lowest BCUT2D eigenvalue weighted by Gasteiger charge is -2.44. The van der Waals surface area contributed by atoms with Crippen LogP contribution in [0.25, 0.3) is 0 Å². The number of aliphatic hydroxyl groups is 2. The van der Waals surface area contributed by atoms with E-state index in [9.17, 15) is 48.7 Å². The topological polar surface area (TPSA) is 81.6 Å². The van der Waals surface area contributed by atoms with Crippen LogP contribution in [0.15, 0.2) is 0 Å². The molecule has 2 amide bonds. The van der Waals surface area contributed by atoms with Crippen molar-refractivity contribution in [3.8, 4) is 0 Å². The average molecular weight is 354 g/mol. The Balaban J connectivity index is 3.63. The molecule has 2 atom stereocenters. The fourth-order valence-electron chi connectivity index (χ4n) is 1.56. The van der Waals surface area contributed by atoms with Gasteiger partial charge in [0.1, 0.15) is 0 Å². The number of hydrogen-bond donors (Lipinski definition) is 4. The van der Waals surface area contributed by atoms with Gasteiger partial charge < -0.3 is 20.8 Å². The summed E-state index contributed by atoms with van der Waals surface area (Å²) in [6.45, 7) is 0. The third kappa shape index (κ3) is 1.98. The van der Waals surface area contributed by atoms with Gasteiger partial charge in [-0.3, -0.25) is 0 Å². The Bertz CT molecular complexity index is 446. The first-order valence-electron chi connectivity index (χ1n) is 4.79. The van der Waals surface area contributed by atoms with E-state index in [1.165, 1.54) is 0 Å². The highest BCUT2D eigenvalue weighted by molar-refractivity contribution is 5.79. The van der Waals surface area contributed by atoms with E-state index in [-0.39, 0.29) is 10.6 Å². The van der Waals surface area contributed by atoms with Crippen LogP contribution in [-0.2, 0) is 0 Å². The zero-order valence-electron chi connectivity index (χ0n) is 9.58. The minimum atomic E-state index is -6.89. The maximum absolute atomic E-state index is 13.1. The van der Waals surface area contributed by atoms with E-state index in [1.54, 1.807) is 0 Å². The van der Waals surface area contributed by atoms with Crippen LogP contribution in [-0.4, -0.2) is 51.9 Å². The number of halogens is 10. The molecule has 1 fully saturated rings. The number of urea groups is 1. The molecule has 1 aliphatic rings. The standard InChI is InChI=1S/C7H4F10N2O3/c8-2(9,6(12,13)14)4(21)5(22,19-1(20)18-4)3(10,11)7(15,16)17/h21-22H,(H2,18,19,20). The third-order valence-electron chi connectivity index (χ3n) is 2.73. The van der Waals surface area contributed by atoms with Crippen molar-refractivity contribution in [2.45, 2.75) is 35.6 Å². The first kappa shape index (κ1) is 18.5. The average Bonchev–Trinajstić information content (AvgIpc) is 2.48. The molecule has 1 saturated heterocycles. The normalized spacial score (nSPS) is 31.0. The van der Waals surface area contributed by atoms with E-state index in [4.69, 9.17) is 10.2 Å². The van der Waals surface area contributed by atoms with Crippen molar-refractivity contribution in [3.05, 3.63) is 0 Å². The molecule has 15 heteroatoms. The molecule has 0 radical (unpaired) electrons. The predicted octanol–water partition coefficient (Wildman–Crippen LogP) is 1.07. The van der Waals surface area contributed by atoms with Crippen LogP contribution in [0, 0.1) is 0 Å². The Labute approximate surface area is 112 Å². The Kier molecular flexibility index (Phi) is 3.60. The Morgan fingerprint density at radius 3 is 1.09 bits per heavy atom. The molecule has 0 aromatic rings. The summed E-state index contributed by atoms with van der Waals surface area (Å²) in [6.07, 6.45) is -13.8. The summed E-state index contributed by atoms with van der Waals surface area (Å²) in [5.74, 6) is -13.6. The van der Waals surface area contributed by atoms with Gasteiger partial charge in [0.25, 0.3) is 11.4 Å². The number of rotatable bonds is 2. The van der Waals surface area contributed by atoms with E-state index in [1.807, 2.05) is 0 Å². The zero-order chi connectivity index (χ0) is 18.0. The summed E-state index contributed by atoms with van der Waals surface area (Å²) in [7, 11) is 0. The van der Waals surface area contributed by atoms with E-state index in [0.717, 1.165) is 0 Å². The molecule has 0 spiro atoms. The smallest absolute Gasteiger partial charge is 0.362 e. The molecule has 2 unspecified atom stereocenters. The van der Waals surface area contributed by atoms with Crippen molar-refractivity contribution in [2.24, 2.45) is 0 Å². The van der Waals surface area contributed by atoms with Crippen molar-refractivity contribution in [1.82, 2.24) is 10.6 Å². The highest BCUT2D eigenvalue weighted by Gasteiger charge is 2.89. The second-order valence-electron chi connectivity index (χ2n) is 4.14. The van der Waals surface area contributed by atoms with Gasteiger partial charge in [-0.1, -0.05) is 0 Å². The van der Waals surface area contributed by atoms with Gasteiger partial charge in [0.05, 0.1) is 0 Å². The summed E-state index contributed by atoms with van der Waals surface area (Å²) >= 11 is 0. The van der Waals surface area contributed by atoms with Crippen molar-refractivity contribution in [3.63, 3.8) is 0 Å². The van der Waals surface area contributed by atoms with Crippen LogP contribution in [0.1, 0.15) is 0 Å². The minimum Gasteiger partial charge on any atom is -0.362 e. The van der Waals surface area contributed by atoms with Crippen molar-refractivity contribution >= 4 is 6.03 Å². The lowest BCUT2D eigenvalue weighted by Crippen LogP contribution is -2.80. The van der Waals surface area contributed by atoms with Crippen LogP contribution in [0.3, 0.4) is 0 Å². The van der Waals surface area contributed by atoms with E-state index >= 15 is 0 Å². The molecule has 1 aliphatic heterocycles. The van der Waals surface area contributed by atoms with E-state index < -0.39 is 41.7 Å². The third-order valence-corrected chi connectivity index (χ3v) is 2.73. The number of hydrogen-bond acceptors (Lipinski definition) is 3. The lowest BCUT2D eigenvalue weighted by atomic mass is 9.87. The molecule has 5 nitrogen and oxygen atoms in total. The molecule has 4 N–H and O–H groups in total. The van der Waals surface area contributed by atoms with Crippen LogP contribution in [0.5, 0.6) is 0 Å². The molecule has 130 valence electrons. The zero-order valence-corrected chi connectivity index (χ0v) is 9.58. The van der Waals surface area contributed by atoms with Crippen LogP contribution >= 0.6 is 0 Å². The van der Waals surface area contributed by atoms with Gasteiger partial charge in [0.15, 0.2) is 0 Å². The fraction of sp³-hybridized carbons (Fsp3) is 0.857. The molecule has 22 heavy (non-hydrogen) atoms. The SMILES string of the molecule is O=C1NC(O)(C(F)(F)C(F)(F)F)C(O)(C(F)(F)C(F)(F)F)N1. The maximum Gasteiger partial charge on any atom is 0.458 e. The highest BCUT2D eigenvalue weighted by atomic mass is 19.4. The van der Waals surface area contributed by atoms with Gasteiger partial charge in [0, 0.05) is 0 Å². The lowest BCUT2D eigenvalue weighted by molar-refractivity contribution is -0.426. The maximum atomic E-state index is 13.1. The fourth-order valence-corrected chi connectivity index (χ4v) is 1.56. The summed E-state index contributed by atoms with van der Waals surface area (Å²) < 4.78 is 125. The number of carbonyl (C=O) groups is 1. The molecular formula is C7H4F10N2O3. The molecule has 0 aromatic heterocycles. The highest BCUT2D eigenvalue weighted by Crippen LogP contribution is 2.54. The Hall–Kier alpha value is -1.51. The van der Waals surface area contributed by atoms with Crippen LogP contribution in [0.2, 0.25) is 0 Å². The summed E-state index contributed by atoms with van der Waals surface area (Å²) in [5, 5.41) is 18.4. The van der Waals surface area contributed by atoms with Crippen molar-refractivity contribution in [2.75, 3.05) is 0 Å². The van der Waals surface area contributed by atoms with Gasteiger partial charge in [-0.05, 0) is 0 Å². The minimum absolute atomic E-state index is 0.151. The molecule has 0 aromatic carbocycles. The summed E-state index contributed by atoms with van der Waals surface area (Å²) in [6, 6.07) is -2.52. The van der Waals surface area contributed by atoms with Crippen LogP contribution < -0.4 is 10.6 Å². The molecule has 1 rings (SSSR count). The van der Waals surface area contributed by atoms with E-state index in [2.05, 4.69) is 0 Å². The van der Waals surface area contributed by atoms with Crippen molar-refractivity contribution in [1.29, 1.82) is 0 Å². The second kappa shape index (κ2) is 4.27. The van der Waals surface area contributed by atoms with Crippen molar-refractivity contribution < 1.29 is 58.9 Å². The molecule has 0 bridgehead atoms. The summed E-state index contributed by atoms with van der Waals surface area (Å²) in [4.78, 5) is 10.7. The molecular weight excluding hydrogens is 350 g/mol. The number of alkyl halides is 10. The molecule has 1 heterocycles. The first-order valence-corrected chi connectivity index (χ1v) is 4.79. The molecule has 0 saturated carbocycles. The number of carbonyl (C=O) groups excluding carboxylic acids is 1. The Morgan fingerprint density at radius 1 is 0.682 bits per heavy atom. The quantitative estimate of drug-likeness (QED) is 0.560. The summed E-state index contributed by atoms with van der Waals surface area (Å²) in [5.41, 5.74) is -11.5. The van der Waals surface area contributed by atoms with Gasteiger partial charge in [0.2, 0.25) is 0 Å². The molecule has 0 aliphatic carbocycles. The van der Waals surface area contributed by atoms with Gasteiger partial charge in [-0.15, -0.1) is 0 Å². The second-order valence-corrected chi connectivity index (χ2v) is 4.14. The largest absolute Gasteiger partial charge is 0.458 e. The number of nitrogens with one attached hydrogen (secondary N) is 2. The predicted molar refractivity (Wildman–Crippen MR) is 43.6 cm³/mol.